The van der Waals surface area contributed by atoms with Crippen LogP contribution in [0.2, 0.25) is 0 Å². The summed E-state index contributed by atoms with van der Waals surface area (Å²) in [5.74, 6) is -0.445. The summed E-state index contributed by atoms with van der Waals surface area (Å²) in [5, 5.41) is 2.91. The number of nitrogens with zero attached hydrogens (tertiary/aromatic N) is 1. The average molecular weight is 397 g/mol. The van der Waals surface area contributed by atoms with E-state index >= 15 is 0 Å². The van der Waals surface area contributed by atoms with Crippen molar-refractivity contribution in [1.29, 1.82) is 0 Å². The molecule has 29 heavy (non-hydrogen) atoms. The van der Waals surface area contributed by atoms with E-state index in [0.717, 1.165) is 36.3 Å². The molecule has 1 aliphatic rings. The highest BCUT2D eigenvalue weighted by Gasteiger charge is 2.21. The van der Waals surface area contributed by atoms with Crippen molar-refractivity contribution in [2.24, 2.45) is 0 Å². The summed E-state index contributed by atoms with van der Waals surface area (Å²) < 4.78 is 18.8. The molecule has 1 heterocycles. The number of rotatable bonds is 6. The van der Waals surface area contributed by atoms with Crippen LogP contribution >= 0.6 is 0 Å². The van der Waals surface area contributed by atoms with Gasteiger partial charge in [-0.25, -0.2) is 4.39 Å². The molecule has 154 valence electrons. The van der Waals surface area contributed by atoms with Gasteiger partial charge in [-0.2, -0.15) is 0 Å². The van der Waals surface area contributed by atoms with Gasteiger partial charge in [0.15, 0.2) is 0 Å². The highest BCUT2D eigenvalue weighted by atomic mass is 19.1. The number of carbonyl (C=O) groups is 1. The zero-order chi connectivity index (χ0) is 20.8. The van der Waals surface area contributed by atoms with Crippen LogP contribution in [0.25, 0.3) is 5.57 Å². The van der Waals surface area contributed by atoms with E-state index in [9.17, 15) is 9.18 Å². The zero-order valence-corrected chi connectivity index (χ0v) is 17.3. The number of nitrogens with one attached hydrogen (secondary N) is 1. The highest BCUT2D eigenvalue weighted by molar-refractivity contribution is 5.94. The molecule has 0 radical (unpaired) electrons. The minimum Gasteiger partial charge on any atom is -0.373 e. The lowest BCUT2D eigenvalue weighted by Crippen LogP contribution is -2.44. The second kappa shape index (κ2) is 9.81. The van der Waals surface area contributed by atoms with Gasteiger partial charge in [0.25, 0.3) is 0 Å². The third-order valence-electron chi connectivity index (χ3n) is 5.04. The Hall–Kier alpha value is -2.50. The topological polar surface area (TPSA) is 41.6 Å². The quantitative estimate of drug-likeness (QED) is 0.746. The van der Waals surface area contributed by atoms with E-state index in [4.69, 9.17) is 4.74 Å². The smallest absolute Gasteiger partial charge is 0.244 e. The Bertz CT molecular complexity index is 836. The Kier molecular flexibility index (Phi) is 7.18. The fourth-order valence-electron chi connectivity index (χ4n) is 3.67. The summed E-state index contributed by atoms with van der Waals surface area (Å²) in [7, 11) is 0. The summed E-state index contributed by atoms with van der Waals surface area (Å²) in [6.45, 7) is 9.34. The van der Waals surface area contributed by atoms with Gasteiger partial charge in [-0.05, 0) is 55.2 Å². The van der Waals surface area contributed by atoms with Gasteiger partial charge in [0.05, 0.1) is 12.2 Å². The fraction of sp³-hybridized carbons (Fsp3) is 0.375. The number of morpholine rings is 1. The average Bonchev–Trinajstić information content (AvgIpc) is 2.67. The lowest BCUT2D eigenvalue weighted by molar-refractivity contribution is -0.116. The predicted molar refractivity (Wildman–Crippen MR) is 114 cm³/mol. The molecule has 2 unspecified atom stereocenters. The Morgan fingerprint density at radius 2 is 1.66 bits per heavy atom. The van der Waals surface area contributed by atoms with Gasteiger partial charge in [-0.15, -0.1) is 0 Å². The number of amides is 1. The van der Waals surface area contributed by atoms with Crippen LogP contribution in [0, 0.1) is 5.82 Å². The van der Waals surface area contributed by atoms with Crippen molar-refractivity contribution in [3.05, 3.63) is 77.1 Å². The maximum absolute atomic E-state index is 13.0. The third-order valence-corrected chi connectivity index (χ3v) is 5.04. The van der Waals surface area contributed by atoms with Gasteiger partial charge in [0.2, 0.25) is 5.91 Å². The molecule has 1 N–H and O–H groups in total. The van der Waals surface area contributed by atoms with Crippen LogP contribution in [0.4, 0.5) is 4.39 Å². The maximum atomic E-state index is 13.0. The molecule has 2 atom stereocenters. The molecule has 4 nitrogen and oxygen atoms in total. The second-order valence-electron chi connectivity index (χ2n) is 7.82. The first-order chi connectivity index (χ1) is 13.9. The van der Waals surface area contributed by atoms with E-state index < -0.39 is 0 Å². The minimum atomic E-state index is -0.285. The summed E-state index contributed by atoms with van der Waals surface area (Å²) in [6, 6.07) is 14.5. The first kappa shape index (κ1) is 21.2. The lowest BCUT2D eigenvalue weighted by atomic mass is 10.1. The van der Waals surface area contributed by atoms with Crippen LogP contribution in [0.1, 0.15) is 37.5 Å². The number of allylic oxidation sites excluding steroid dienone is 1. The van der Waals surface area contributed by atoms with Crippen molar-refractivity contribution in [3.8, 4) is 0 Å². The normalized spacial score (nSPS) is 20.5. The largest absolute Gasteiger partial charge is 0.373 e. The first-order valence-corrected chi connectivity index (χ1v) is 10.1. The number of benzene rings is 2. The van der Waals surface area contributed by atoms with Crippen LogP contribution in [0.15, 0.2) is 54.6 Å². The molecule has 2 aromatic carbocycles. The van der Waals surface area contributed by atoms with Gasteiger partial charge in [-0.3, -0.25) is 9.69 Å². The van der Waals surface area contributed by atoms with Crippen LogP contribution in [-0.4, -0.2) is 36.1 Å². The van der Waals surface area contributed by atoms with Crippen molar-refractivity contribution in [3.63, 3.8) is 0 Å². The molecule has 5 heteroatoms. The van der Waals surface area contributed by atoms with Crippen molar-refractivity contribution >= 4 is 11.5 Å². The van der Waals surface area contributed by atoms with E-state index in [0.29, 0.717) is 6.54 Å². The fourth-order valence-corrected chi connectivity index (χ4v) is 3.67. The summed E-state index contributed by atoms with van der Waals surface area (Å²) >= 11 is 0. The summed E-state index contributed by atoms with van der Waals surface area (Å²) in [4.78, 5) is 14.6. The van der Waals surface area contributed by atoms with Crippen molar-refractivity contribution in [2.45, 2.75) is 46.1 Å². The van der Waals surface area contributed by atoms with Crippen LogP contribution in [0.5, 0.6) is 0 Å². The molecule has 0 aromatic heterocycles. The van der Waals surface area contributed by atoms with Gasteiger partial charge in [-0.1, -0.05) is 36.4 Å². The van der Waals surface area contributed by atoms with Crippen LogP contribution in [0.3, 0.4) is 0 Å². The van der Waals surface area contributed by atoms with Gasteiger partial charge in [0.1, 0.15) is 5.82 Å². The minimum absolute atomic E-state index is 0.160. The van der Waals surface area contributed by atoms with Crippen molar-refractivity contribution < 1.29 is 13.9 Å². The molecular weight excluding hydrogens is 367 g/mol. The number of halogens is 1. The predicted octanol–water partition coefficient (Wildman–Crippen LogP) is 4.15. The van der Waals surface area contributed by atoms with Crippen molar-refractivity contribution in [1.82, 2.24) is 10.2 Å². The molecule has 1 saturated heterocycles. The number of hydrogen-bond donors (Lipinski definition) is 1. The maximum Gasteiger partial charge on any atom is 0.244 e. The molecule has 2 aromatic rings. The molecular formula is C24H29FN2O2. The highest BCUT2D eigenvalue weighted by Crippen LogP contribution is 2.16. The van der Waals surface area contributed by atoms with E-state index in [1.807, 2.05) is 6.92 Å². The monoisotopic (exact) mass is 396 g/mol. The standard InChI is InChI=1S/C24H29FN2O2/c1-17(22-8-10-23(25)11-9-22)12-24(28)26-13-20-4-6-21(7-5-20)16-27-14-18(2)29-19(3)15-27/h4-12,18-19H,13-16H2,1-3H3,(H,26,28)/b17-12-. The molecule has 0 bridgehead atoms. The molecule has 0 spiro atoms. The zero-order valence-electron chi connectivity index (χ0n) is 17.3. The Morgan fingerprint density at radius 1 is 1.07 bits per heavy atom. The molecule has 1 aliphatic heterocycles. The molecule has 0 aliphatic carbocycles. The second-order valence-corrected chi connectivity index (χ2v) is 7.82. The number of ether oxygens (including phenoxy) is 1. The molecule has 3 rings (SSSR count). The van der Waals surface area contributed by atoms with Gasteiger partial charge >= 0.3 is 0 Å². The molecule has 1 amide bonds. The number of hydrogen-bond acceptors (Lipinski definition) is 3. The van der Waals surface area contributed by atoms with Crippen LogP contribution < -0.4 is 5.32 Å². The van der Waals surface area contributed by atoms with E-state index in [2.05, 4.69) is 48.3 Å². The van der Waals surface area contributed by atoms with E-state index in [-0.39, 0.29) is 23.9 Å². The van der Waals surface area contributed by atoms with E-state index in [1.165, 1.54) is 17.7 Å². The summed E-state index contributed by atoms with van der Waals surface area (Å²) in [6.07, 6.45) is 2.07. The molecule has 1 fully saturated rings. The lowest BCUT2D eigenvalue weighted by Gasteiger charge is -2.35. The van der Waals surface area contributed by atoms with E-state index in [1.54, 1.807) is 18.2 Å². The molecule has 0 saturated carbocycles. The Labute approximate surface area is 172 Å². The first-order valence-electron chi connectivity index (χ1n) is 10.1. The van der Waals surface area contributed by atoms with Gasteiger partial charge < -0.3 is 10.1 Å². The third kappa shape index (κ3) is 6.51. The van der Waals surface area contributed by atoms with Gasteiger partial charge in [0, 0.05) is 32.3 Å². The summed E-state index contributed by atoms with van der Waals surface area (Å²) in [5.41, 5.74) is 3.94. The number of carbonyl (C=O) groups excluding carboxylic acids is 1. The van der Waals surface area contributed by atoms with Crippen molar-refractivity contribution in [2.75, 3.05) is 13.1 Å². The Morgan fingerprint density at radius 3 is 2.28 bits per heavy atom. The van der Waals surface area contributed by atoms with Crippen LogP contribution in [-0.2, 0) is 22.6 Å². The SMILES string of the molecule is C/C(=C/C(=O)NCc1ccc(CN2CC(C)OC(C)C2)cc1)c1ccc(F)cc1. The Balaban J connectivity index is 1.50.